The first-order valence-corrected chi connectivity index (χ1v) is 8.83. The number of rotatable bonds is 1. The highest BCUT2D eigenvalue weighted by molar-refractivity contribution is 5.91. The quantitative estimate of drug-likeness (QED) is 0.832. The number of carbonyl (C=O) groups excluding carboxylic acids is 2. The fourth-order valence-electron chi connectivity index (χ4n) is 4.13. The van der Waals surface area contributed by atoms with E-state index in [-0.39, 0.29) is 23.0 Å². The molecule has 2 aliphatic heterocycles. The van der Waals surface area contributed by atoms with E-state index >= 15 is 0 Å². The number of likely N-dealkylation sites (tertiary alicyclic amines) is 2. The number of carbonyl (C=O) groups is 2. The van der Waals surface area contributed by atoms with Crippen LogP contribution in [0.2, 0.25) is 0 Å². The number of hydrogen-bond donors (Lipinski definition) is 1. The predicted molar refractivity (Wildman–Crippen MR) is 90.9 cm³/mol. The highest BCUT2D eigenvalue weighted by atomic mass is 16.5. The Morgan fingerprint density at radius 1 is 1.32 bits per heavy atom. The van der Waals surface area contributed by atoms with Crippen LogP contribution in [0.25, 0.3) is 0 Å². The Balaban J connectivity index is 1.70. The van der Waals surface area contributed by atoms with Crippen molar-refractivity contribution in [2.24, 2.45) is 5.41 Å². The molecule has 25 heavy (non-hydrogen) atoms. The number of aliphatic hydroxyl groups excluding tert-OH is 1. The minimum atomic E-state index is -0.565. The summed E-state index contributed by atoms with van der Waals surface area (Å²) >= 11 is 0. The summed E-state index contributed by atoms with van der Waals surface area (Å²) in [6, 6.07) is 1.65. The van der Waals surface area contributed by atoms with Crippen molar-refractivity contribution in [3.63, 3.8) is 0 Å². The molecule has 2 aliphatic rings. The summed E-state index contributed by atoms with van der Waals surface area (Å²) in [5.41, 5.74) is 0.00223. The van der Waals surface area contributed by atoms with Gasteiger partial charge in [0.1, 0.15) is 0 Å². The molecule has 7 heteroatoms. The van der Waals surface area contributed by atoms with E-state index in [1.54, 1.807) is 29.7 Å². The maximum Gasteiger partial charge on any atom is 0.292 e. The number of hydrogen-bond acceptors (Lipinski definition) is 5. The van der Waals surface area contributed by atoms with Gasteiger partial charge in [0.05, 0.1) is 17.3 Å². The molecule has 1 atom stereocenters. The Morgan fingerprint density at radius 3 is 2.48 bits per heavy atom. The summed E-state index contributed by atoms with van der Waals surface area (Å²) in [7, 11) is 0. The first kappa shape index (κ1) is 17.9. The van der Waals surface area contributed by atoms with Crippen LogP contribution in [-0.2, 0) is 4.79 Å². The van der Waals surface area contributed by atoms with Gasteiger partial charge >= 0.3 is 0 Å². The van der Waals surface area contributed by atoms with Crippen LogP contribution in [0.5, 0.6) is 0 Å². The molecule has 3 heterocycles. The molecule has 138 valence electrons. The average Bonchev–Trinajstić information content (AvgIpc) is 2.98. The van der Waals surface area contributed by atoms with Crippen molar-refractivity contribution in [1.82, 2.24) is 15.0 Å². The van der Waals surface area contributed by atoms with Crippen molar-refractivity contribution >= 4 is 11.8 Å². The van der Waals surface area contributed by atoms with Gasteiger partial charge in [-0.3, -0.25) is 9.59 Å². The fourth-order valence-corrected chi connectivity index (χ4v) is 4.13. The lowest BCUT2D eigenvalue weighted by molar-refractivity contribution is -0.156. The summed E-state index contributed by atoms with van der Waals surface area (Å²) < 4.78 is 5.08. The summed E-state index contributed by atoms with van der Waals surface area (Å²) in [6.07, 6.45) is 1.63. The van der Waals surface area contributed by atoms with Crippen LogP contribution in [0.4, 0.5) is 0 Å². The van der Waals surface area contributed by atoms with Gasteiger partial charge in [0.2, 0.25) is 11.7 Å². The molecule has 3 rings (SSSR count). The van der Waals surface area contributed by atoms with Gasteiger partial charge in [-0.15, -0.1) is 0 Å². The second kappa shape index (κ2) is 6.12. The zero-order valence-electron chi connectivity index (χ0n) is 15.4. The monoisotopic (exact) mass is 349 g/mol. The van der Waals surface area contributed by atoms with Crippen LogP contribution in [0.15, 0.2) is 10.6 Å². The third-order valence-corrected chi connectivity index (χ3v) is 5.96. The molecule has 1 aromatic heterocycles. The Labute approximate surface area is 147 Å². The molecule has 0 bridgehead atoms. The van der Waals surface area contributed by atoms with E-state index in [9.17, 15) is 14.7 Å². The molecule has 2 amide bonds. The first-order valence-electron chi connectivity index (χ1n) is 8.83. The maximum absolute atomic E-state index is 12.5. The van der Waals surface area contributed by atoms with Gasteiger partial charge in [-0.1, -0.05) is 5.16 Å². The van der Waals surface area contributed by atoms with E-state index in [0.717, 1.165) is 12.8 Å². The SMILES string of the molecule is CC(=O)N1CC2(CCN(C(=O)c3cc(C)no3)CC2)C[C@@H](O)C1(C)C. The van der Waals surface area contributed by atoms with Crippen LogP contribution in [0, 0.1) is 12.3 Å². The lowest BCUT2D eigenvalue weighted by Gasteiger charge is -2.55. The zero-order valence-corrected chi connectivity index (χ0v) is 15.4. The van der Waals surface area contributed by atoms with Crippen LogP contribution in [0.1, 0.15) is 56.3 Å². The third-order valence-electron chi connectivity index (χ3n) is 5.96. The number of amides is 2. The molecule has 7 nitrogen and oxygen atoms in total. The first-order chi connectivity index (χ1) is 11.6. The molecule has 1 spiro atoms. The number of aliphatic hydroxyl groups is 1. The lowest BCUT2D eigenvalue weighted by atomic mass is 9.67. The van der Waals surface area contributed by atoms with Crippen molar-refractivity contribution in [1.29, 1.82) is 0 Å². The summed E-state index contributed by atoms with van der Waals surface area (Å²) in [5.74, 6) is 0.109. The Hall–Kier alpha value is -1.89. The van der Waals surface area contributed by atoms with Gasteiger partial charge in [0, 0.05) is 32.6 Å². The van der Waals surface area contributed by atoms with E-state index in [1.807, 2.05) is 13.8 Å². The van der Waals surface area contributed by atoms with Gasteiger partial charge in [-0.25, -0.2) is 0 Å². The standard InChI is InChI=1S/C18H27N3O4/c1-12-9-14(25-19-12)16(24)20-7-5-18(6-8-20)10-15(23)17(3,4)21(11-18)13(2)22/h9,15,23H,5-8,10-11H2,1-4H3/t15-/m1/s1. The van der Waals surface area contributed by atoms with Crippen molar-refractivity contribution < 1.29 is 19.2 Å². The van der Waals surface area contributed by atoms with E-state index < -0.39 is 11.6 Å². The number of piperidine rings is 2. The Morgan fingerprint density at radius 2 is 1.96 bits per heavy atom. The fraction of sp³-hybridized carbons (Fsp3) is 0.722. The van der Waals surface area contributed by atoms with E-state index in [0.29, 0.717) is 31.7 Å². The smallest absolute Gasteiger partial charge is 0.292 e. The molecule has 1 N–H and O–H groups in total. The average molecular weight is 349 g/mol. The van der Waals surface area contributed by atoms with E-state index in [1.165, 1.54) is 0 Å². The highest BCUT2D eigenvalue weighted by Crippen LogP contribution is 2.45. The topological polar surface area (TPSA) is 86.9 Å². The largest absolute Gasteiger partial charge is 0.391 e. The summed E-state index contributed by atoms with van der Waals surface area (Å²) in [5, 5.41) is 14.4. The predicted octanol–water partition coefficient (Wildman–Crippen LogP) is 1.60. The van der Waals surface area contributed by atoms with Gasteiger partial charge in [0.15, 0.2) is 0 Å². The third kappa shape index (κ3) is 3.17. The second-order valence-corrected chi connectivity index (χ2v) is 8.10. The van der Waals surface area contributed by atoms with Crippen molar-refractivity contribution in [3.05, 3.63) is 17.5 Å². The van der Waals surface area contributed by atoms with Crippen molar-refractivity contribution in [3.8, 4) is 0 Å². The molecule has 1 aromatic rings. The molecular formula is C18H27N3O4. The second-order valence-electron chi connectivity index (χ2n) is 8.10. The van der Waals surface area contributed by atoms with Crippen LogP contribution < -0.4 is 0 Å². The maximum atomic E-state index is 12.5. The van der Waals surface area contributed by atoms with E-state index in [4.69, 9.17) is 4.52 Å². The summed E-state index contributed by atoms with van der Waals surface area (Å²) in [6.45, 7) is 8.99. The van der Waals surface area contributed by atoms with Crippen molar-refractivity contribution in [2.45, 2.75) is 58.6 Å². The van der Waals surface area contributed by atoms with Gasteiger partial charge in [-0.2, -0.15) is 0 Å². The number of nitrogens with zero attached hydrogens (tertiary/aromatic N) is 3. The number of aromatic nitrogens is 1. The Kier molecular flexibility index (Phi) is 4.39. The van der Waals surface area contributed by atoms with Gasteiger partial charge in [0.25, 0.3) is 5.91 Å². The molecule has 0 aliphatic carbocycles. The number of aryl methyl sites for hydroxylation is 1. The molecule has 0 radical (unpaired) electrons. The van der Waals surface area contributed by atoms with Crippen molar-refractivity contribution in [2.75, 3.05) is 19.6 Å². The van der Waals surface area contributed by atoms with Crippen LogP contribution >= 0.6 is 0 Å². The minimum Gasteiger partial charge on any atom is -0.391 e. The zero-order chi connectivity index (χ0) is 18.4. The van der Waals surface area contributed by atoms with E-state index in [2.05, 4.69) is 5.16 Å². The van der Waals surface area contributed by atoms with Gasteiger partial charge < -0.3 is 19.4 Å². The Bertz CT molecular complexity index is 674. The van der Waals surface area contributed by atoms with Crippen LogP contribution in [0.3, 0.4) is 0 Å². The highest BCUT2D eigenvalue weighted by Gasteiger charge is 2.50. The minimum absolute atomic E-state index is 0.0150. The molecular weight excluding hydrogens is 322 g/mol. The normalized spacial score (nSPS) is 25.2. The molecule has 2 fully saturated rings. The molecule has 0 aromatic carbocycles. The molecule has 0 unspecified atom stereocenters. The molecule has 2 saturated heterocycles. The lowest BCUT2D eigenvalue weighted by Crippen LogP contribution is -2.64. The van der Waals surface area contributed by atoms with Gasteiger partial charge in [-0.05, 0) is 45.4 Å². The van der Waals surface area contributed by atoms with Crippen LogP contribution in [-0.4, -0.2) is 63.2 Å². The molecule has 0 saturated carbocycles. The summed E-state index contributed by atoms with van der Waals surface area (Å²) in [4.78, 5) is 28.1.